The van der Waals surface area contributed by atoms with E-state index in [2.05, 4.69) is 10.0 Å². The van der Waals surface area contributed by atoms with E-state index in [4.69, 9.17) is 14.6 Å². The molecule has 100 valence electrons. The van der Waals surface area contributed by atoms with Crippen LogP contribution in [0, 0.1) is 0 Å². The molecule has 7 nitrogen and oxygen atoms in total. The Balaban J connectivity index is 2.31. The lowest BCUT2D eigenvalue weighted by atomic mass is 10.2. The number of phosphoric ester groups is 1. The molecule has 1 rings (SSSR count). The van der Waals surface area contributed by atoms with Crippen molar-refractivity contribution in [2.45, 2.75) is 19.6 Å². The molecule has 1 atom stereocenters. The minimum absolute atomic E-state index is 0.217. The molecule has 0 bridgehead atoms. The van der Waals surface area contributed by atoms with Crippen LogP contribution in [0.3, 0.4) is 0 Å². The fraction of sp³-hybridized carbons (Fsp3) is 0.300. The third kappa shape index (κ3) is 5.90. The third-order valence-corrected chi connectivity index (χ3v) is 2.32. The van der Waals surface area contributed by atoms with Crippen LogP contribution in [-0.2, 0) is 25.3 Å². The normalized spacial score (nSPS) is 13.1. The Labute approximate surface area is 104 Å². The summed E-state index contributed by atoms with van der Waals surface area (Å²) in [6.45, 7) is 1.58. The molecule has 0 saturated carbocycles. The van der Waals surface area contributed by atoms with Crippen LogP contribution in [0.15, 0.2) is 30.3 Å². The molecular weight excluding hydrogens is 261 g/mol. The second kappa shape index (κ2) is 6.63. The zero-order chi connectivity index (χ0) is 13.6. The van der Waals surface area contributed by atoms with Crippen LogP contribution in [0.1, 0.15) is 12.5 Å². The van der Waals surface area contributed by atoms with Gasteiger partial charge in [0.05, 0.1) is 6.61 Å². The summed E-state index contributed by atoms with van der Waals surface area (Å²) in [6.07, 6.45) is 0. The average molecular weight is 275 g/mol. The molecule has 0 radical (unpaired) electrons. The first kappa shape index (κ1) is 14.8. The molecule has 0 aliphatic heterocycles. The lowest BCUT2D eigenvalue weighted by molar-refractivity contribution is -0.142. The molecule has 1 aromatic rings. The highest BCUT2D eigenvalue weighted by atomic mass is 31.2. The molecule has 18 heavy (non-hydrogen) atoms. The first-order valence-corrected chi connectivity index (χ1v) is 6.62. The number of rotatable bonds is 6. The van der Waals surface area contributed by atoms with Crippen molar-refractivity contribution in [2.75, 3.05) is 0 Å². The second-order valence-electron chi connectivity index (χ2n) is 3.51. The smallest absolute Gasteiger partial charge is 0.369 e. The van der Waals surface area contributed by atoms with E-state index in [1.54, 1.807) is 0 Å². The lowest BCUT2D eigenvalue weighted by Crippen LogP contribution is -2.34. The topological polar surface area (TPSA) is 105 Å². The van der Waals surface area contributed by atoms with Gasteiger partial charge in [-0.05, 0) is 12.5 Å². The molecule has 0 amide bonds. The SMILES string of the molecule is C[C@H](NOCc1ccccc1)C(=O)OP(=O)(O)O. The van der Waals surface area contributed by atoms with Gasteiger partial charge in [-0.1, -0.05) is 30.3 Å². The van der Waals surface area contributed by atoms with E-state index in [0.717, 1.165) is 5.56 Å². The van der Waals surface area contributed by atoms with Gasteiger partial charge in [0.25, 0.3) is 0 Å². The predicted molar refractivity (Wildman–Crippen MR) is 62.0 cm³/mol. The van der Waals surface area contributed by atoms with Crippen LogP contribution in [0.2, 0.25) is 0 Å². The summed E-state index contributed by atoms with van der Waals surface area (Å²) in [5, 5.41) is 0. The highest BCUT2D eigenvalue weighted by Gasteiger charge is 2.24. The van der Waals surface area contributed by atoms with Crippen molar-refractivity contribution in [1.29, 1.82) is 0 Å². The van der Waals surface area contributed by atoms with E-state index in [1.165, 1.54) is 6.92 Å². The number of carbonyl (C=O) groups excluding carboxylic acids is 1. The van der Waals surface area contributed by atoms with Gasteiger partial charge in [-0.25, -0.2) is 9.36 Å². The van der Waals surface area contributed by atoms with Gasteiger partial charge in [-0.3, -0.25) is 14.6 Å². The summed E-state index contributed by atoms with van der Waals surface area (Å²) in [5.41, 5.74) is 3.22. The summed E-state index contributed by atoms with van der Waals surface area (Å²) < 4.78 is 14.3. The van der Waals surface area contributed by atoms with Crippen LogP contribution >= 0.6 is 7.82 Å². The van der Waals surface area contributed by atoms with Gasteiger partial charge in [0.15, 0.2) is 0 Å². The summed E-state index contributed by atoms with van der Waals surface area (Å²) in [6, 6.07) is 8.22. The van der Waals surface area contributed by atoms with Gasteiger partial charge in [0.1, 0.15) is 6.04 Å². The molecular formula is C10H14NO6P. The fourth-order valence-corrected chi connectivity index (χ4v) is 1.46. The summed E-state index contributed by atoms with van der Waals surface area (Å²) in [7, 11) is -4.81. The first-order valence-electron chi connectivity index (χ1n) is 5.09. The van der Waals surface area contributed by atoms with Gasteiger partial charge in [0.2, 0.25) is 0 Å². The van der Waals surface area contributed by atoms with Crippen molar-refractivity contribution < 1.29 is 28.5 Å². The van der Waals surface area contributed by atoms with E-state index in [-0.39, 0.29) is 6.61 Å². The van der Waals surface area contributed by atoms with Gasteiger partial charge in [0, 0.05) is 0 Å². The zero-order valence-corrected chi connectivity index (χ0v) is 10.5. The third-order valence-electron chi connectivity index (χ3n) is 1.90. The summed E-state index contributed by atoms with van der Waals surface area (Å²) >= 11 is 0. The Kier molecular flexibility index (Phi) is 5.46. The van der Waals surface area contributed by atoms with E-state index in [0.29, 0.717) is 0 Å². The standard InChI is InChI=1S/C10H14NO6P/c1-8(10(12)17-18(13,14)15)11-16-7-9-5-3-2-4-6-9/h2-6,8,11H,7H2,1H3,(H2,13,14,15)/t8-/m0/s1. The zero-order valence-electron chi connectivity index (χ0n) is 9.65. The molecule has 0 spiro atoms. The Morgan fingerprint density at radius 1 is 1.39 bits per heavy atom. The fourth-order valence-electron chi connectivity index (χ4n) is 1.07. The van der Waals surface area contributed by atoms with Gasteiger partial charge >= 0.3 is 13.8 Å². The quantitative estimate of drug-likeness (QED) is 0.519. The maximum atomic E-state index is 11.1. The van der Waals surface area contributed by atoms with E-state index in [9.17, 15) is 9.36 Å². The number of carbonyl (C=O) groups is 1. The van der Waals surface area contributed by atoms with Crippen LogP contribution < -0.4 is 5.48 Å². The maximum Gasteiger partial charge on any atom is 0.527 e. The number of hydroxylamine groups is 1. The minimum atomic E-state index is -4.81. The van der Waals surface area contributed by atoms with Crippen molar-refractivity contribution >= 4 is 13.8 Å². The lowest BCUT2D eigenvalue weighted by Gasteiger charge is -2.13. The van der Waals surface area contributed by atoms with Crippen molar-refractivity contribution in [3.8, 4) is 0 Å². The van der Waals surface area contributed by atoms with Crippen molar-refractivity contribution in [2.24, 2.45) is 0 Å². The molecule has 0 aliphatic rings. The Hall–Kier alpha value is -1.24. The van der Waals surface area contributed by atoms with Crippen LogP contribution in [-0.4, -0.2) is 21.8 Å². The Morgan fingerprint density at radius 2 is 2.00 bits per heavy atom. The van der Waals surface area contributed by atoms with Gasteiger partial charge < -0.3 is 4.52 Å². The van der Waals surface area contributed by atoms with E-state index < -0.39 is 19.8 Å². The monoisotopic (exact) mass is 275 g/mol. The molecule has 0 unspecified atom stereocenters. The Bertz CT molecular complexity index is 431. The van der Waals surface area contributed by atoms with Crippen LogP contribution in [0.5, 0.6) is 0 Å². The molecule has 0 aliphatic carbocycles. The van der Waals surface area contributed by atoms with Crippen LogP contribution in [0.4, 0.5) is 0 Å². The van der Waals surface area contributed by atoms with E-state index >= 15 is 0 Å². The molecule has 0 aromatic heterocycles. The number of phosphoric acid groups is 1. The minimum Gasteiger partial charge on any atom is -0.369 e. The number of benzene rings is 1. The highest BCUT2D eigenvalue weighted by molar-refractivity contribution is 7.46. The Morgan fingerprint density at radius 3 is 2.56 bits per heavy atom. The molecule has 0 fully saturated rings. The van der Waals surface area contributed by atoms with Crippen molar-refractivity contribution in [1.82, 2.24) is 5.48 Å². The van der Waals surface area contributed by atoms with Gasteiger partial charge in [-0.15, -0.1) is 0 Å². The van der Waals surface area contributed by atoms with Crippen LogP contribution in [0.25, 0.3) is 0 Å². The summed E-state index contributed by atoms with van der Waals surface area (Å²) in [5.74, 6) is -1.09. The van der Waals surface area contributed by atoms with E-state index in [1.807, 2.05) is 30.3 Å². The number of hydrogen-bond acceptors (Lipinski definition) is 5. The van der Waals surface area contributed by atoms with Gasteiger partial charge in [-0.2, -0.15) is 5.48 Å². The molecule has 0 heterocycles. The first-order chi connectivity index (χ1) is 8.38. The highest BCUT2D eigenvalue weighted by Crippen LogP contribution is 2.36. The largest absolute Gasteiger partial charge is 0.527 e. The number of hydrogen-bond donors (Lipinski definition) is 3. The molecule has 0 saturated heterocycles. The number of nitrogens with one attached hydrogen (secondary N) is 1. The van der Waals surface area contributed by atoms with Crippen molar-refractivity contribution in [3.05, 3.63) is 35.9 Å². The van der Waals surface area contributed by atoms with Crippen molar-refractivity contribution in [3.63, 3.8) is 0 Å². The summed E-state index contributed by atoms with van der Waals surface area (Å²) in [4.78, 5) is 33.0. The average Bonchev–Trinajstić information content (AvgIpc) is 2.28. The molecule has 1 aromatic carbocycles. The molecule has 3 N–H and O–H groups in total. The second-order valence-corrected chi connectivity index (χ2v) is 4.68. The maximum absolute atomic E-state index is 11.1. The molecule has 8 heteroatoms. The predicted octanol–water partition coefficient (Wildman–Crippen LogP) is 0.732.